The van der Waals surface area contributed by atoms with Crippen LogP contribution in [0.25, 0.3) is 0 Å². The molecule has 0 aliphatic heterocycles. The summed E-state index contributed by atoms with van der Waals surface area (Å²) in [6.45, 7) is 2.32. The van der Waals surface area contributed by atoms with E-state index in [1.165, 1.54) is 7.11 Å². The summed E-state index contributed by atoms with van der Waals surface area (Å²) in [5, 5.41) is 3.06. The number of methoxy groups -OCH3 is 2. The first-order chi connectivity index (χ1) is 7.67. The van der Waals surface area contributed by atoms with Crippen LogP contribution in [0.3, 0.4) is 0 Å². The molecule has 0 bridgehead atoms. The lowest BCUT2D eigenvalue weighted by atomic mass is 10.2. The van der Waals surface area contributed by atoms with Gasteiger partial charge in [-0.25, -0.2) is 4.79 Å². The van der Waals surface area contributed by atoms with Crippen molar-refractivity contribution in [2.45, 2.75) is 19.6 Å². The second kappa shape index (κ2) is 6.12. The summed E-state index contributed by atoms with van der Waals surface area (Å²) in [6, 6.07) is 7.38. The van der Waals surface area contributed by atoms with Gasteiger partial charge in [0, 0.05) is 12.8 Å². The number of esters is 1. The molecule has 1 rings (SSSR count). The Morgan fingerprint density at radius 1 is 1.44 bits per heavy atom. The summed E-state index contributed by atoms with van der Waals surface area (Å²) in [5.74, 6) is -0.280. The number of carbonyl (C=O) groups is 1. The van der Waals surface area contributed by atoms with Crippen LogP contribution in [0, 0.1) is 0 Å². The number of benzene rings is 1. The van der Waals surface area contributed by atoms with Gasteiger partial charge in [-0.1, -0.05) is 12.1 Å². The summed E-state index contributed by atoms with van der Waals surface area (Å²) in [7, 11) is 3.03. The molecule has 0 saturated carbocycles. The zero-order chi connectivity index (χ0) is 12.0. The lowest BCUT2D eigenvalue weighted by molar-refractivity contribution is -0.141. The standard InChI is InChI=1S/C12H17NO3/c1-9(12(14)16-3)13-11-6-4-5-10(7-11)8-15-2/h4-7,9,13H,8H2,1-3H3. The van der Waals surface area contributed by atoms with E-state index in [2.05, 4.69) is 10.1 Å². The van der Waals surface area contributed by atoms with Crippen molar-refractivity contribution >= 4 is 11.7 Å². The fourth-order valence-electron chi connectivity index (χ4n) is 1.40. The first-order valence-electron chi connectivity index (χ1n) is 5.09. The number of carbonyl (C=O) groups excluding carboxylic acids is 1. The molecule has 1 N–H and O–H groups in total. The van der Waals surface area contributed by atoms with Crippen molar-refractivity contribution in [3.8, 4) is 0 Å². The van der Waals surface area contributed by atoms with Crippen LogP contribution >= 0.6 is 0 Å². The van der Waals surface area contributed by atoms with E-state index >= 15 is 0 Å². The predicted molar refractivity (Wildman–Crippen MR) is 62.3 cm³/mol. The molecule has 1 aromatic carbocycles. The van der Waals surface area contributed by atoms with Crippen LogP contribution in [0.1, 0.15) is 12.5 Å². The van der Waals surface area contributed by atoms with Crippen LogP contribution in [-0.4, -0.2) is 26.2 Å². The van der Waals surface area contributed by atoms with Gasteiger partial charge in [0.15, 0.2) is 0 Å². The van der Waals surface area contributed by atoms with Crippen molar-refractivity contribution in [2.75, 3.05) is 19.5 Å². The molecule has 0 radical (unpaired) electrons. The van der Waals surface area contributed by atoms with Crippen LogP contribution in [0.15, 0.2) is 24.3 Å². The van der Waals surface area contributed by atoms with Gasteiger partial charge < -0.3 is 14.8 Å². The van der Waals surface area contributed by atoms with Crippen molar-refractivity contribution in [3.63, 3.8) is 0 Å². The van der Waals surface area contributed by atoms with E-state index in [1.807, 2.05) is 24.3 Å². The molecule has 0 spiro atoms. The van der Waals surface area contributed by atoms with E-state index in [0.717, 1.165) is 11.3 Å². The van der Waals surface area contributed by atoms with E-state index < -0.39 is 0 Å². The number of rotatable bonds is 5. The maximum absolute atomic E-state index is 11.2. The van der Waals surface area contributed by atoms with E-state index in [-0.39, 0.29) is 12.0 Å². The van der Waals surface area contributed by atoms with Crippen molar-refractivity contribution in [3.05, 3.63) is 29.8 Å². The molecule has 0 amide bonds. The Bertz CT molecular complexity index is 352. The smallest absolute Gasteiger partial charge is 0.327 e. The Hall–Kier alpha value is -1.55. The molecule has 4 nitrogen and oxygen atoms in total. The Balaban J connectivity index is 2.66. The SMILES string of the molecule is COCc1cccc(NC(C)C(=O)OC)c1. The van der Waals surface area contributed by atoms with Gasteiger partial charge in [0.25, 0.3) is 0 Å². The normalized spacial score (nSPS) is 11.9. The highest BCUT2D eigenvalue weighted by Gasteiger charge is 2.12. The highest BCUT2D eigenvalue weighted by atomic mass is 16.5. The quantitative estimate of drug-likeness (QED) is 0.773. The number of ether oxygens (including phenoxy) is 2. The molecule has 1 atom stereocenters. The second-order valence-electron chi connectivity index (χ2n) is 3.52. The monoisotopic (exact) mass is 223 g/mol. The fraction of sp³-hybridized carbons (Fsp3) is 0.417. The first kappa shape index (κ1) is 12.5. The zero-order valence-corrected chi connectivity index (χ0v) is 9.82. The predicted octanol–water partition coefficient (Wildman–Crippen LogP) is 1.81. The molecule has 4 heteroatoms. The minimum atomic E-state index is -0.359. The van der Waals surface area contributed by atoms with Crippen molar-refractivity contribution in [1.29, 1.82) is 0 Å². The van der Waals surface area contributed by atoms with Gasteiger partial charge in [0.1, 0.15) is 6.04 Å². The van der Waals surface area contributed by atoms with Gasteiger partial charge in [0.05, 0.1) is 13.7 Å². The Kier molecular flexibility index (Phi) is 4.79. The third-order valence-corrected chi connectivity index (χ3v) is 2.18. The molecule has 0 aliphatic carbocycles. The molecule has 88 valence electrons. The van der Waals surface area contributed by atoms with Gasteiger partial charge >= 0.3 is 5.97 Å². The average molecular weight is 223 g/mol. The Morgan fingerprint density at radius 2 is 2.19 bits per heavy atom. The van der Waals surface area contributed by atoms with Crippen LogP contribution in [-0.2, 0) is 20.9 Å². The summed E-state index contributed by atoms with van der Waals surface area (Å²) in [4.78, 5) is 11.2. The van der Waals surface area contributed by atoms with Crippen molar-refractivity contribution in [2.24, 2.45) is 0 Å². The molecule has 16 heavy (non-hydrogen) atoms. The number of hydrogen-bond acceptors (Lipinski definition) is 4. The van der Waals surface area contributed by atoms with Crippen molar-refractivity contribution < 1.29 is 14.3 Å². The van der Waals surface area contributed by atoms with Gasteiger partial charge in [-0.05, 0) is 24.6 Å². The van der Waals surface area contributed by atoms with Crippen molar-refractivity contribution in [1.82, 2.24) is 0 Å². The molecule has 0 fully saturated rings. The molecule has 0 saturated heterocycles. The summed E-state index contributed by atoms with van der Waals surface area (Å²) < 4.78 is 9.67. The average Bonchev–Trinajstić information content (AvgIpc) is 2.29. The Labute approximate surface area is 95.6 Å². The van der Waals surface area contributed by atoms with Gasteiger partial charge in [-0.3, -0.25) is 0 Å². The summed E-state index contributed by atoms with van der Waals surface area (Å²) >= 11 is 0. The Morgan fingerprint density at radius 3 is 2.81 bits per heavy atom. The van der Waals surface area contributed by atoms with E-state index in [4.69, 9.17) is 4.74 Å². The molecular weight excluding hydrogens is 206 g/mol. The van der Waals surface area contributed by atoms with Gasteiger partial charge in [-0.2, -0.15) is 0 Å². The maximum atomic E-state index is 11.2. The fourth-order valence-corrected chi connectivity index (χ4v) is 1.40. The lowest BCUT2D eigenvalue weighted by Gasteiger charge is -2.13. The largest absolute Gasteiger partial charge is 0.467 e. The lowest BCUT2D eigenvalue weighted by Crippen LogP contribution is -2.27. The molecule has 1 aromatic rings. The van der Waals surface area contributed by atoms with Gasteiger partial charge in [0.2, 0.25) is 0 Å². The molecule has 0 aliphatic rings. The van der Waals surface area contributed by atoms with E-state index in [1.54, 1.807) is 14.0 Å². The first-order valence-corrected chi connectivity index (χ1v) is 5.09. The van der Waals surface area contributed by atoms with Crippen LogP contribution in [0.4, 0.5) is 5.69 Å². The third kappa shape index (κ3) is 3.55. The topological polar surface area (TPSA) is 47.6 Å². The summed E-state index contributed by atoms with van der Waals surface area (Å²) in [5.41, 5.74) is 1.94. The number of nitrogens with one attached hydrogen (secondary N) is 1. The highest BCUT2D eigenvalue weighted by molar-refractivity contribution is 5.78. The number of anilines is 1. The third-order valence-electron chi connectivity index (χ3n) is 2.18. The zero-order valence-electron chi connectivity index (χ0n) is 9.82. The maximum Gasteiger partial charge on any atom is 0.327 e. The minimum Gasteiger partial charge on any atom is -0.467 e. The van der Waals surface area contributed by atoms with Gasteiger partial charge in [-0.15, -0.1) is 0 Å². The molecular formula is C12H17NO3. The minimum absolute atomic E-state index is 0.280. The van der Waals surface area contributed by atoms with Crippen LogP contribution in [0.2, 0.25) is 0 Å². The highest BCUT2D eigenvalue weighted by Crippen LogP contribution is 2.12. The molecule has 0 aromatic heterocycles. The van der Waals surface area contributed by atoms with Crippen LogP contribution in [0.5, 0.6) is 0 Å². The number of hydrogen-bond donors (Lipinski definition) is 1. The van der Waals surface area contributed by atoms with Crippen LogP contribution < -0.4 is 5.32 Å². The van der Waals surface area contributed by atoms with E-state index in [9.17, 15) is 4.79 Å². The molecule has 1 unspecified atom stereocenters. The molecule has 0 heterocycles. The summed E-state index contributed by atoms with van der Waals surface area (Å²) in [6.07, 6.45) is 0. The van der Waals surface area contributed by atoms with E-state index in [0.29, 0.717) is 6.61 Å². The second-order valence-corrected chi connectivity index (χ2v) is 3.52.